The summed E-state index contributed by atoms with van der Waals surface area (Å²) in [4.78, 5) is 16.4. The van der Waals surface area contributed by atoms with Crippen LogP contribution in [-0.4, -0.2) is 34.8 Å². The molecule has 7 nitrogen and oxygen atoms in total. The summed E-state index contributed by atoms with van der Waals surface area (Å²) in [5, 5.41) is 6.81. The normalized spacial score (nSPS) is 14.1. The van der Waals surface area contributed by atoms with Crippen molar-refractivity contribution in [2.24, 2.45) is 0 Å². The highest BCUT2D eigenvalue weighted by Crippen LogP contribution is 2.41. The molecule has 0 bridgehead atoms. The molecule has 1 aliphatic heterocycles. The number of ether oxygens (including phenoxy) is 2. The van der Waals surface area contributed by atoms with E-state index in [2.05, 4.69) is 35.4 Å². The second-order valence-electron chi connectivity index (χ2n) is 7.86. The second-order valence-corrected chi connectivity index (χ2v) is 7.86. The summed E-state index contributed by atoms with van der Waals surface area (Å²) in [6.45, 7) is 4.89. The number of carbonyl (C=O) groups is 1. The average Bonchev–Trinajstić information content (AvgIpc) is 3.33. The molecule has 0 saturated carbocycles. The van der Waals surface area contributed by atoms with Crippen molar-refractivity contribution in [3.63, 3.8) is 0 Å². The van der Waals surface area contributed by atoms with Crippen LogP contribution in [0.5, 0.6) is 11.5 Å². The Morgan fingerprint density at radius 3 is 2.83 bits per heavy atom. The molecule has 0 atom stereocenters. The summed E-state index contributed by atoms with van der Waals surface area (Å²) in [5.74, 6) is 2.40. The van der Waals surface area contributed by atoms with Gasteiger partial charge in [-0.3, -0.25) is 4.79 Å². The topological polar surface area (TPSA) is 86.5 Å². The summed E-state index contributed by atoms with van der Waals surface area (Å²) in [5.41, 5.74) is 1.82. The number of para-hydroxylation sites is 1. The highest BCUT2D eigenvalue weighted by atomic mass is 16.5. The van der Waals surface area contributed by atoms with E-state index in [1.807, 2.05) is 42.5 Å². The fourth-order valence-electron chi connectivity index (χ4n) is 3.42. The summed E-state index contributed by atoms with van der Waals surface area (Å²) in [7, 11) is 0. The first-order valence-corrected chi connectivity index (χ1v) is 10.1. The molecule has 0 fully saturated rings. The predicted octanol–water partition coefficient (Wildman–Crippen LogP) is 3.58. The number of aromatic nitrogens is 2. The highest BCUT2D eigenvalue weighted by Gasteiger charge is 2.32. The van der Waals surface area contributed by atoms with Gasteiger partial charge in [0.1, 0.15) is 12.2 Å². The van der Waals surface area contributed by atoms with Crippen LogP contribution in [0.1, 0.15) is 31.7 Å². The molecule has 0 saturated heterocycles. The lowest BCUT2D eigenvalue weighted by atomic mass is 10.0. The first kappa shape index (κ1) is 19.9. The number of rotatable bonds is 8. The third-order valence-electron chi connectivity index (χ3n) is 4.80. The number of benzene rings is 2. The van der Waals surface area contributed by atoms with Crippen LogP contribution < -0.4 is 14.8 Å². The van der Waals surface area contributed by atoms with Gasteiger partial charge in [0.15, 0.2) is 11.5 Å². The molecule has 30 heavy (non-hydrogen) atoms. The number of hydrogen-bond acceptors (Lipinski definition) is 6. The van der Waals surface area contributed by atoms with E-state index in [0.717, 1.165) is 23.3 Å². The van der Waals surface area contributed by atoms with E-state index in [0.29, 0.717) is 37.0 Å². The molecular weight excluding hydrogens is 382 g/mol. The molecule has 0 unspecified atom stereocenters. The zero-order valence-electron chi connectivity index (χ0n) is 17.2. The molecule has 0 aliphatic carbocycles. The SMILES string of the molecule is CC1(C)Cc2cccc(OCCNC(=O)CCc3nc(-c4ccccc4)no3)c2O1. The van der Waals surface area contributed by atoms with Crippen LogP contribution in [0.2, 0.25) is 0 Å². The van der Waals surface area contributed by atoms with Gasteiger partial charge in [0.2, 0.25) is 17.6 Å². The molecular formula is C23H25N3O4. The van der Waals surface area contributed by atoms with Gasteiger partial charge in [-0.1, -0.05) is 47.6 Å². The van der Waals surface area contributed by atoms with Crippen molar-refractivity contribution in [2.75, 3.05) is 13.2 Å². The number of aryl methyl sites for hydroxylation is 1. The molecule has 0 radical (unpaired) electrons. The molecule has 1 N–H and O–H groups in total. The Morgan fingerprint density at radius 2 is 2.00 bits per heavy atom. The predicted molar refractivity (Wildman–Crippen MR) is 111 cm³/mol. The molecule has 0 spiro atoms. The smallest absolute Gasteiger partial charge is 0.227 e. The largest absolute Gasteiger partial charge is 0.488 e. The number of amides is 1. The van der Waals surface area contributed by atoms with Gasteiger partial charge in [-0.25, -0.2) is 0 Å². The van der Waals surface area contributed by atoms with Crippen LogP contribution in [0.3, 0.4) is 0 Å². The lowest BCUT2D eigenvalue weighted by Gasteiger charge is -2.18. The van der Waals surface area contributed by atoms with Crippen LogP contribution in [0.4, 0.5) is 0 Å². The number of hydrogen-bond donors (Lipinski definition) is 1. The minimum Gasteiger partial charge on any atom is -0.488 e. The van der Waals surface area contributed by atoms with Crippen LogP contribution in [0.25, 0.3) is 11.4 Å². The maximum absolute atomic E-state index is 12.1. The summed E-state index contributed by atoms with van der Waals surface area (Å²) < 4.78 is 17.0. The Bertz CT molecular complexity index is 1010. The molecule has 1 aromatic heterocycles. The fourth-order valence-corrected chi connectivity index (χ4v) is 3.42. The summed E-state index contributed by atoms with van der Waals surface area (Å²) >= 11 is 0. The van der Waals surface area contributed by atoms with Gasteiger partial charge in [0, 0.05) is 30.4 Å². The molecule has 1 amide bonds. The summed E-state index contributed by atoms with van der Waals surface area (Å²) in [6.07, 6.45) is 1.52. The van der Waals surface area contributed by atoms with E-state index in [1.165, 1.54) is 0 Å². The lowest BCUT2D eigenvalue weighted by Crippen LogP contribution is -2.28. The van der Waals surface area contributed by atoms with Gasteiger partial charge in [0.05, 0.1) is 6.54 Å². The fraction of sp³-hybridized carbons (Fsp3) is 0.348. The van der Waals surface area contributed by atoms with E-state index in [-0.39, 0.29) is 17.9 Å². The van der Waals surface area contributed by atoms with Crippen molar-refractivity contribution in [1.82, 2.24) is 15.5 Å². The van der Waals surface area contributed by atoms with Gasteiger partial charge >= 0.3 is 0 Å². The highest BCUT2D eigenvalue weighted by molar-refractivity contribution is 5.76. The van der Waals surface area contributed by atoms with Crippen molar-refractivity contribution < 1.29 is 18.8 Å². The van der Waals surface area contributed by atoms with Crippen LogP contribution >= 0.6 is 0 Å². The standard InChI is InChI=1S/C23H25N3O4/c1-23(2)15-17-9-6-10-18(21(17)29-23)28-14-13-24-19(27)11-12-20-25-22(26-30-20)16-7-4-3-5-8-16/h3-10H,11-15H2,1-2H3,(H,24,27). The van der Waals surface area contributed by atoms with Crippen molar-refractivity contribution in [1.29, 1.82) is 0 Å². The maximum atomic E-state index is 12.1. The van der Waals surface area contributed by atoms with E-state index >= 15 is 0 Å². The van der Waals surface area contributed by atoms with Crippen molar-refractivity contribution in [3.05, 3.63) is 60.0 Å². The lowest BCUT2D eigenvalue weighted by molar-refractivity contribution is -0.121. The van der Waals surface area contributed by atoms with Crippen LogP contribution in [-0.2, 0) is 17.6 Å². The first-order valence-electron chi connectivity index (χ1n) is 10.1. The van der Waals surface area contributed by atoms with Gasteiger partial charge in [-0.2, -0.15) is 4.98 Å². The Kier molecular flexibility index (Phi) is 5.70. The zero-order chi connectivity index (χ0) is 21.0. The van der Waals surface area contributed by atoms with E-state index in [4.69, 9.17) is 14.0 Å². The quantitative estimate of drug-likeness (QED) is 0.575. The molecule has 7 heteroatoms. The molecule has 1 aliphatic rings. The molecule has 4 rings (SSSR count). The Morgan fingerprint density at radius 1 is 1.17 bits per heavy atom. The van der Waals surface area contributed by atoms with E-state index < -0.39 is 0 Å². The zero-order valence-corrected chi connectivity index (χ0v) is 17.2. The van der Waals surface area contributed by atoms with Gasteiger partial charge < -0.3 is 19.3 Å². The second kappa shape index (κ2) is 8.57. The average molecular weight is 407 g/mol. The first-order chi connectivity index (χ1) is 14.5. The van der Waals surface area contributed by atoms with Crippen molar-refractivity contribution >= 4 is 5.91 Å². The Hall–Kier alpha value is -3.35. The number of nitrogens with one attached hydrogen (secondary N) is 1. The third kappa shape index (κ3) is 4.79. The molecule has 156 valence electrons. The van der Waals surface area contributed by atoms with Crippen LogP contribution in [0.15, 0.2) is 53.1 Å². The molecule has 2 aromatic carbocycles. The van der Waals surface area contributed by atoms with Gasteiger partial charge in [0.25, 0.3) is 0 Å². The van der Waals surface area contributed by atoms with E-state index in [9.17, 15) is 4.79 Å². The van der Waals surface area contributed by atoms with Crippen molar-refractivity contribution in [2.45, 2.75) is 38.7 Å². The van der Waals surface area contributed by atoms with Crippen LogP contribution in [0, 0.1) is 0 Å². The number of nitrogens with zero attached hydrogens (tertiary/aromatic N) is 2. The summed E-state index contributed by atoms with van der Waals surface area (Å²) in [6, 6.07) is 15.5. The minimum atomic E-state index is -0.217. The number of carbonyl (C=O) groups excluding carboxylic acids is 1. The Labute approximate surface area is 175 Å². The minimum absolute atomic E-state index is 0.0891. The van der Waals surface area contributed by atoms with Gasteiger partial charge in [-0.05, 0) is 19.9 Å². The third-order valence-corrected chi connectivity index (χ3v) is 4.80. The monoisotopic (exact) mass is 407 g/mol. The number of fused-ring (bicyclic) bond motifs is 1. The van der Waals surface area contributed by atoms with E-state index in [1.54, 1.807) is 0 Å². The van der Waals surface area contributed by atoms with Gasteiger partial charge in [-0.15, -0.1) is 0 Å². The molecule has 2 heterocycles. The molecule has 3 aromatic rings. The Balaban J connectivity index is 1.20. The maximum Gasteiger partial charge on any atom is 0.227 e. The van der Waals surface area contributed by atoms with Crippen molar-refractivity contribution in [3.8, 4) is 22.9 Å².